The Hall–Kier alpha value is -2.55. The number of carbonyl (C=O) groups excluding carboxylic acids is 1. The first kappa shape index (κ1) is 17.8. The molecule has 24 heavy (non-hydrogen) atoms. The molecule has 0 aliphatic carbocycles. The lowest BCUT2D eigenvalue weighted by molar-refractivity contribution is -0.134. The molecular formula is C21H24O3. The third-order valence-corrected chi connectivity index (χ3v) is 3.73. The van der Waals surface area contributed by atoms with E-state index in [1.807, 2.05) is 36.4 Å². The van der Waals surface area contributed by atoms with Gasteiger partial charge in [-0.05, 0) is 41.3 Å². The smallest absolute Gasteiger partial charge is 0.330 e. The number of benzene rings is 2. The second-order valence-electron chi connectivity index (χ2n) is 5.56. The Morgan fingerprint density at radius 1 is 0.958 bits per heavy atom. The first-order valence-corrected chi connectivity index (χ1v) is 8.32. The van der Waals surface area contributed by atoms with E-state index in [-0.39, 0.29) is 5.97 Å². The van der Waals surface area contributed by atoms with Crippen molar-refractivity contribution in [1.82, 2.24) is 0 Å². The van der Waals surface area contributed by atoms with Gasteiger partial charge in [-0.15, -0.1) is 0 Å². The van der Waals surface area contributed by atoms with Crippen molar-refractivity contribution in [2.75, 3.05) is 13.7 Å². The molecule has 0 aliphatic rings. The molecule has 0 spiro atoms. The van der Waals surface area contributed by atoms with Crippen LogP contribution in [0.25, 0.3) is 17.2 Å². The number of unbranched alkanes of at least 4 members (excludes halogenated alkanes) is 2. The number of esters is 1. The van der Waals surface area contributed by atoms with E-state index in [1.54, 1.807) is 6.08 Å². The fraction of sp³-hybridized carbons (Fsp3) is 0.286. The number of hydrogen-bond donors (Lipinski definition) is 0. The topological polar surface area (TPSA) is 35.5 Å². The molecule has 2 aromatic carbocycles. The predicted molar refractivity (Wildman–Crippen MR) is 97.9 cm³/mol. The van der Waals surface area contributed by atoms with E-state index in [9.17, 15) is 4.79 Å². The van der Waals surface area contributed by atoms with Gasteiger partial charge in [0.2, 0.25) is 0 Å². The summed E-state index contributed by atoms with van der Waals surface area (Å²) in [7, 11) is 1.37. The van der Waals surface area contributed by atoms with E-state index in [0.29, 0.717) is 0 Å². The highest BCUT2D eigenvalue weighted by Gasteiger charge is 2.00. The fourth-order valence-electron chi connectivity index (χ4n) is 2.30. The van der Waals surface area contributed by atoms with E-state index >= 15 is 0 Å². The summed E-state index contributed by atoms with van der Waals surface area (Å²) in [6, 6.07) is 16.2. The first-order valence-electron chi connectivity index (χ1n) is 8.32. The Labute approximate surface area is 143 Å². The summed E-state index contributed by atoms with van der Waals surface area (Å²) in [5.41, 5.74) is 3.22. The SMILES string of the molecule is CCCCCOc1ccc(-c2ccc(C=CC(=O)OC)cc2)cc1. The lowest BCUT2D eigenvalue weighted by Crippen LogP contribution is -1.96. The van der Waals surface area contributed by atoms with Gasteiger partial charge in [-0.3, -0.25) is 0 Å². The van der Waals surface area contributed by atoms with Crippen molar-refractivity contribution in [3.8, 4) is 16.9 Å². The average Bonchev–Trinajstić information content (AvgIpc) is 2.64. The molecule has 0 heterocycles. The molecule has 126 valence electrons. The van der Waals surface area contributed by atoms with Gasteiger partial charge in [-0.1, -0.05) is 56.2 Å². The molecule has 2 rings (SSSR count). The van der Waals surface area contributed by atoms with Gasteiger partial charge in [-0.2, -0.15) is 0 Å². The highest BCUT2D eigenvalue weighted by atomic mass is 16.5. The van der Waals surface area contributed by atoms with E-state index in [4.69, 9.17) is 4.74 Å². The van der Waals surface area contributed by atoms with Gasteiger partial charge in [0.15, 0.2) is 0 Å². The van der Waals surface area contributed by atoms with Crippen LogP contribution in [0.4, 0.5) is 0 Å². The van der Waals surface area contributed by atoms with Crippen molar-refractivity contribution in [3.05, 3.63) is 60.2 Å². The molecule has 0 fully saturated rings. The number of rotatable bonds is 8. The van der Waals surface area contributed by atoms with Crippen molar-refractivity contribution >= 4 is 12.0 Å². The average molecular weight is 324 g/mol. The second kappa shape index (κ2) is 9.56. The van der Waals surface area contributed by atoms with Crippen LogP contribution < -0.4 is 4.74 Å². The minimum Gasteiger partial charge on any atom is -0.494 e. The molecule has 0 atom stereocenters. The molecule has 0 amide bonds. The molecular weight excluding hydrogens is 300 g/mol. The lowest BCUT2D eigenvalue weighted by atomic mass is 10.0. The van der Waals surface area contributed by atoms with Crippen LogP contribution in [-0.4, -0.2) is 19.7 Å². The lowest BCUT2D eigenvalue weighted by Gasteiger charge is -2.07. The predicted octanol–water partition coefficient (Wildman–Crippen LogP) is 5.11. The maximum absolute atomic E-state index is 11.1. The van der Waals surface area contributed by atoms with E-state index in [0.717, 1.165) is 35.5 Å². The van der Waals surface area contributed by atoms with E-state index in [2.05, 4.69) is 23.8 Å². The molecule has 2 aromatic rings. The van der Waals surface area contributed by atoms with Gasteiger partial charge in [-0.25, -0.2) is 4.79 Å². The highest BCUT2D eigenvalue weighted by Crippen LogP contribution is 2.23. The summed E-state index contributed by atoms with van der Waals surface area (Å²) in [4.78, 5) is 11.1. The quantitative estimate of drug-likeness (QED) is 0.384. The summed E-state index contributed by atoms with van der Waals surface area (Å²) in [5, 5.41) is 0. The summed E-state index contributed by atoms with van der Waals surface area (Å²) in [5.74, 6) is 0.557. The fourth-order valence-corrected chi connectivity index (χ4v) is 2.30. The van der Waals surface area contributed by atoms with Crippen LogP contribution in [0.3, 0.4) is 0 Å². The van der Waals surface area contributed by atoms with Gasteiger partial charge in [0, 0.05) is 6.08 Å². The van der Waals surface area contributed by atoms with Crippen molar-refractivity contribution in [2.24, 2.45) is 0 Å². The Morgan fingerprint density at radius 2 is 1.58 bits per heavy atom. The van der Waals surface area contributed by atoms with Gasteiger partial charge in [0.05, 0.1) is 13.7 Å². The van der Waals surface area contributed by atoms with Crippen LogP contribution in [0.15, 0.2) is 54.6 Å². The molecule has 0 aromatic heterocycles. The Kier molecular flexibility index (Phi) is 7.09. The van der Waals surface area contributed by atoms with Crippen LogP contribution in [0.1, 0.15) is 31.7 Å². The zero-order valence-corrected chi connectivity index (χ0v) is 14.3. The van der Waals surface area contributed by atoms with Crippen molar-refractivity contribution in [1.29, 1.82) is 0 Å². The number of carbonyl (C=O) groups is 1. The Balaban J connectivity index is 1.96. The largest absolute Gasteiger partial charge is 0.494 e. The summed E-state index contributed by atoms with van der Waals surface area (Å²) < 4.78 is 10.3. The summed E-state index contributed by atoms with van der Waals surface area (Å²) in [6.45, 7) is 2.96. The minimum absolute atomic E-state index is 0.353. The number of hydrogen-bond acceptors (Lipinski definition) is 3. The normalized spacial score (nSPS) is 10.8. The Bertz CT molecular complexity index is 654. The molecule has 0 saturated carbocycles. The molecule has 0 saturated heterocycles. The number of methoxy groups -OCH3 is 1. The molecule has 0 radical (unpaired) electrons. The Morgan fingerprint density at radius 3 is 2.17 bits per heavy atom. The van der Waals surface area contributed by atoms with Crippen LogP contribution >= 0.6 is 0 Å². The van der Waals surface area contributed by atoms with Crippen LogP contribution in [0.2, 0.25) is 0 Å². The van der Waals surface area contributed by atoms with Gasteiger partial charge >= 0.3 is 5.97 Å². The van der Waals surface area contributed by atoms with Crippen LogP contribution in [-0.2, 0) is 9.53 Å². The molecule has 3 heteroatoms. The number of ether oxygens (including phenoxy) is 2. The van der Waals surface area contributed by atoms with Crippen molar-refractivity contribution < 1.29 is 14.3 Å². The standard InChI is InChI=1S/C21H24O3/c1-3-4-5-16-24-20-13-11-19(12-14-20)18-9-6-17(7-10-18)8-15-21(22)23-2/h6-15H,3-5,16H2,1-2H3. The van der Waals surface area contributed by atoms with E-state index < -0.39 is 0 Å². The van der Waals surface area contributed by atoms with Gasteiger partial charge in [0.1, 0.15) is 5.75 Å². The summed E-state index contributed by atoms with van der Waals surface area (Å²) in [6.07, 6.45) is 6.66. The zero-order chi connectivity index (χ0) is 17.2. The van der Waals surface area contributed by atoms with Crippen molar-refractivity contribution in [3.63, 3.8) is 0 Å². The van der Waals surface area contributed by atoms with Gasteiger partial charge in [0.25, 0.3) is 0 Å². The zero-order valence-electron chi connectivity index (χ0n) is 14.3. The van der Waals surface area contributed by atoms with Crippen LogP contribution in [0.5, 0.6) is 5.75 Å². The van der Waals surface area contributed by atoms with Crippen LogP contribution in [0, 0.1) is 0 Å². The van der Waals surface area contributed by atoms with Crippen molar-refractivity contribution in [2.45, 2.75) is 26.2 Å². The highest BCUT2D eigenvalue weighted by molar-refractivity contribution is 5.87. The van der Waals surface area contributed by atoms with E-state index in [1.165, 1.54) is 26.0 Å². The molecule has 0 bridgehead atoms. The minimum atomic E-state index is -0.353. The monoisotopic (exact) mass is 324 g/mol. The summed E-state index contributed by atoms with van der Waals surface area (Å²) >= 11 is 0. The first-order chi connectivity index (χ1) is 11.7. The maximum atomic E-state index is 11.1. The van der Waals surface area contributed by atoms with Gasteiger partial charge < -0.3 is 9.47 Å². The second-order valence-corrected chi connectivity index (χ2v) is 5.56. The third-order valence-electron chi connectivity index (χ3n) is 3.73. The maximum Gasteiger partial charge on any atom is 0.330 e. The molecule has 3 nitrogen and oxygen atoms in total. The third kappa shape index (κ3) is 5.58. The molecule has 0 aliphatic heterocycles. The molecule has 0 N–H and O–H groups in total. The molecule has 0 unspecified atom stereocenters.